The van der Waals surface area contributed by atoms with Crippen LogP contribution < -0.4 is 5.32 Å². The Kier molecular flexibility index (Phi) is 2.74. The van der Waals surface area contributed by atoms with Crippen LogP contribution in [0.3, 0.4) is 0 Å². The number of ether oxygens (including phenoxy) is 1. The number of esters is 1. The molecule has 0 unspecified atom stereocenters. The maximum Gasteiger partial charge on any atom is 0.357 e. The zero-order valence-electron chi connectivity index (χ0n) is 7.77. The number of carbonyl (C=O) groups excluding carboxylic acids is 1. The Morgan fingerprint density at radius 3 is 3.14 bits per heavy atom. The van der Waals surface area contributed by atoms with Gasteiger partial charge in [-0.05, 0) is 25.1 Å². The summed E-state index contributed by atoms with van der Waals surface area (Å²) < 4.78 is 5.23. The first-order valence-corrected chi connectivity index (χ1v) is 4.69. The zero-order valence-corrected chi connectivity index (χ0v) is 7.77. The van der Waals surface area contributed by atoms with Crippen molar-refractivity contribution in [2.24, 2.45) is 0 Å². The molecule has 4 nitrogen and oxygen atoms in total. The Morgan fingerprint density at radius 2 is 2.50 bits per heavy atom. The number of pyridine rings is 1. The molecule has 1 N–H and O–H groups in total. The Hall–Kier alpha value is -1.42. The van der Waals surface area contributed by atoms with Crippen LogP contribution >= 0.6 is 0 Å². The summed E-state index contributed by atoms with van der Waals surface area (Å²) >= 11 is 0. The van der Waals surface area contributed by atoms with Crippen molar-refractivity contribution in [3.05, 3.63) is 30.1 Å². The van der Waals surface area contributed by atoms with Crippen LogP contribution in [0.1, 0.15) is 16.9 Å². The maximum atomic E-state index is 11.5. The lowest BCUT2D eigenvalue weighted by Gasteiger charge is -2.09. The second-order valence-corrected chi connectivity index (χ2v) is 3.24. The van der Waals surface area contributed by atoms with Gasteiger partial charge in [0.25, 0.3) is 0 Å². The van der Waals surface area contributed by atoms with Gasteiger partial charge < -0.3 is 10.1 Å². The summed E-state index contributed by atoms with van der Waals surface area (Å²) in [4.78, 5) is 15.4. The fourth-order valence-electron chi connectivity index (χ4n) is 1.42. The third kappa shape index (κ3) is 2.09. The minimum atomic E-state index is -0.334. The van der Waals surface area contributed by atoms with Gasteiger partial charge in [-0.3, -0.25) is 0 Å². The quantitative estimate of drug-likeness (QED) is 0.697. The van der Waals surface area contributed by atoms with Crippen LogP contribution in [0.4, 0.5) is 0 Å². The summed E-state index contributed by atoms with van der Waals surface area (Å²) in [5, 5.41) is 3.13. The molecule has 0 aromatic carbocycles. The predicted molar refractivity (Wildman–Crippen MR) is 50.9 cm³/mol. The lowest BCUT2D eigenvalue weighted by atomic mass is 10.3. The van der Waals surface area contributed by atoms with Crippen LogP contribution in [0.2, 0.25) is 0 Å². The number of hydrogen-bond acceptors (Lipinski definition) is 4. The first kappa shape index (κ1) is 9.15. The van der Waals surface area contributed by atoms with Gasteiger partial charge in [0.05, 0.1) is 0 Å². The lowest BCUT2D eigenvalue weighted by molar-refractivity contribution is 0.0337. The smallest absolute Gasteiger partial charge is 0.357 e. The normalized spacial score (nSPS) is 20.7. The second kappa shape index (κ2) is 4.19. The molecule has 1 aliphatic rings. The molecular weight excluding hydrogens is 180 g/mol. The molecule has 1 aliphatic heterocycles. The molecule has 0 saturated carbocycles. The van der Waals surface area contributed by atoms with Gasteiger partial charge in [0.15, 0.2) is 0 Å². The van der Waals surface area contributed by atoms with Crippen molar-refractivity contribution >= 4 is 5.97 Å². The number of aromatic nitrogens is 1. The molecule has 4 heteroatoms. The van der Waals surface area contributed by atoms with Crippen LogP contribution in [0, 0.1) is 0 Å². The number of nitrogens with zero attached hydrogens (tertiary/aromatic N) is 1. The van der Waals surface area contributed by atoms with E-state index in [2.05, 4.69) is 10.3 Å². The highest BCUT2D eigenvalue weighted by Crippen LogP contribution is 2.06. The average Bonchev–Trinajstić information content (AvgIpc) is 2.72. The molecule has 2 heterocycles. The molecule has 74 valence electrons. The molecule has 1 aromatic heterocycles. The van der Waals surface area contributed by atoms with Gasteiger partial charge in [0, 0.05) is 12.7 Å². The largest absolute Gasteiger partial charge is 0.456 e. The fraction of sp³-hybridized carbons (Fsp3) is 0.400. The van der Waals surface area contributed by atoms with E-state index in [9.17, 15) is 4.79 Å². The van der Waals surface area contributed by atoms with E-state index in [4.69, 9.17) is 4.74 Å². The van der Waals surface area contributed by atoms with Gasteiger partial charge in [0.2, 0.25) is 0 Å². The first-order chi connectivity index (χ1) is 6.86. The predicted octanol–water partition coefficient (Wildman–Crippen LogP) is 0.600. The van der Waals surface area contributed by atoms with Crippen LogP contribution in [-0.4, -0.2) is 30.1 Å². The van der Waals surface area contributed by atoms with E-state index in [1.807, 2.05) is 0 Å². The van der Waals surface area contributed by atoms with Crippen molar-refractivity contribution in [2.75, 3.05) is 13.1 Å². The van der Waals surface area contributed by atoms with Crippen molar-refractivity contribution in [2.45, 2.75) is 12.5 Å². The van der Waals surface area contributed by atoms with E-state index < -0.39 is 0 Å². The third-order valence-electron chi connectivity index (χ3n) is 2.16. The Bertz CT molecular complexity index is 307. The standard InChI is InChI=1S/C10H12N2O2/c13-10(9-3-1-2-5-12-9)14-8-4-6-11-7-8/h1-3,5,8,11H,4,6-7H2/t8-/m1/s1. The number of nitrogens with one attached hydrogen (secondary N) is 1. The van der Waals surface area contributed by atoms with Crippen molar-refractivity contribution in [3.8, 4) is 0 Å². The van der Waals surface area contributed by atoms with Gasteiger partial charge in [0.1, 0.15) is 11.8 Å². The summed E-state index contributed by atoms with van der Waals surface area (Å²) in [5.41, 5.74) is 0.374. The second-order valence-electron chi connectivity index (χ2n) is 3.24. The van der Waals surface area contributed by atoms with Crippen LogP contribution in [0.5, 0.6) is 0 Å². The molecule has 0 radical (unpaired) electrons. The van der Waals surface area contributed by atoms with Crippen molar-refractivity contribution in [1.82, 2.24) is 10.3 Å². The molecule has 14 heavy (non-hydrogen) atoms. The Labute approximate surface area is 82.3 Å². The molecular formula is C10H12N2O2. The summed E-state index contributed by atoms with van der Waals surface area (Å²) in [5.74, 6) is -0.334. The SMILES string of the molecule is O=C(O[C@@H]1CCNC1)c1ccccn1. The highest BCUT2D eigenvalue weighted by atomic mass is 16.5. The molecule has 0 spiro atoms. The number of carbonyl (C=O) groups is 1. The van der Waals surface area contributed by atoms with E-state index in [0.717, 1.165) is 19.5 Å². The molecule has 1 atom stereocenters. The maximum absolute atomic E-state index is 11.5. The van der Waals surface area contributed by atoms with Gasteiger partial charge >= 0.3 is 5.97 Å². The first-order valence-electron chi connectivity index (χ1n) is 4.69. The molecule has 0 bridgehead atoms. The van der Waals surface area contributed by atoms with E-state index >= 15 is 0 Å². The summed E-state index contributed by atoms with van der Waals surface area (Å²) in [6.07, 6.45) is 2.48. The van der Waals surface area contributed by atoms with Crippen molar-refractivity contribution in [1.29, 1.82) is 0 Å². The summed E-state index contributed by atoms with van der Waals surface area (Å²) in [6.45, 7) is 1.67. The minimum Gasteiger partial charge on any atom is -0.456 e. The monoisotopic (exact) mass is 192 g/mol. The lowest BCUT2D eigenvalue weighted by Crippen LogP contribution is -2.21. The highest BCUT2D eigenvalue weighted by molar-refractivity contribution is 5.87. The summed E-state index contributed by atoms with van der Waals surface area (Å²) in [6, 6.07) is 5.20. The number of hydrogen-bond donors (Lipinski definition) is 1. The van der Waals surface area contributed by atoms with Gasteiger partial charge in [-0.15, -0.1) is 0 Å². The molecule has 1 fully saturated rings. The van der Waals surface area contributed by atoms with Crippen LogP contribution in [-0.2, 0) is 4.74 Å². The average molecular weight is 192 g/mol. The van der Waals surface area contributed by atoms with Gasteiger partial charge in [-0.1, -0.05) is 6.07 Å². The van der Waals surface area contributed by atoms with Crippen LogP contribution in [0.15, 0.2) is 24.4 Å². The third-order valence-corrected chi connectivity index (χ3v) is 2.16. The fourth-order valence-corrected chi connectivity index (χ4v) is 1.42. The van der Waals surface area contributed by atoms with Gasteiger partial charge in [-0.2, -0.15) is 0 Å². The summed E-state index contributed by atoms with van der Waals surface area (Å²) in [7, 11) is 0. The van der Waals surface area contributed by atoms with E-state index in [1.54, 1.807) is 24.4 Å². The van der Waals surface area contributed by atoms with Crippen molar-refractivity contribution < 1.29 is 9.53 Å². The molecule has 2 rings (SSSR count). The number of rotatable bonds is 2. The molecule has 0 aliphatic carbocycles. The topological polar surface area (TPSA) is 51.2 Å². The van der Waals surface area contributed by atoms with E-state index in [1.165, 1.54) is 0 Å². The Morgan fingerprint density at radius 1 is 1.57 bits per heavy atom. The molecule has 1 saturated heterocycles. The van der Waals surface area contributed by atoms with Gasteiger partial charge in [-0.25, -0.2) is 9.78 Å². The zero-order chi connectivity index (χ0) is 9.80. The van der Waals surface area contributed by atoms with Crippen molar-refractivity contribution in [3.63, 3.8) is 0 Å². The molecule has 1 aromatic rings. The highest BCUT2D eigenvalue weighted by Gasteiger charge is 2.19. The minimum absolute atomic E-state index is 0.00417. The Balaban J connectivity index is 1.95. The molecule has 0 amide bonds. The van der Waals surface area contributed by atoms with E-state index in [-0.39, 0.29) is 12.1 Å². The van der Waals surface area contributed by atoms with E-state index in [0.29, 0.717) is 5.69 Å². The van der Waals surface area contributed by atoms with Crippen LogP contribution in [0.25, 0.3) is 0 Å².